The fraction of sp³-hybridized carbons (Fsp3) is 0.550. The van der Waals surface area contributed by atoms with Crippen molar-refractivity contribution in [2.45, 2.75) is 132 Å². The van der Waals surface area contributed by atoms with Crippen LogP contribution in [-0.4, -0.2) is 68.3 Å². The van der Waals surface area contributed by atoms with Gasteiger partial charge in [-0.3, -0.25) is 4.79 Å². The number of halogens is 2. The first kappa shape index (κ1) is 38.7. The zero-order chi connectivity index (χ0) is 37.8. The Morgan fingerprint density at radius 3 is 1.92 bits per heavy atom. The van der Waals surface area contributed by atoms with Crippen LogP contribution in [0.2, 0.25) is 0 Å². The van der Waals surface area contributed by atoms with Gasteiger partial charge >= 0.3 is 6.09 Å². The summed E-state index contributed by atoms with van der Waals surface area (Å²) in [6, 6.07) is 12.2. The number of ether oxygens (including phenoxy) is 3. The Bertz CT molecular complexity index is 1850. The highest BCUT2D eigenvalue weighted by Gasteiger charge is 2.50. The number of rotatable bonds is 11. The lowest BCUT2D eigenvalue weighted by atomic mass is 9.97. The summed E-state index contributed by atoms with van der Waals surface area (Å²) in [5.74, 6) is -3.88. The summed E-state index contributed by atoms with van der Waals surface area (Å²) in [7, 11) is -4.63. The Balaban J connectivity index is 1.22. The Morgan fingerprint density at radius 2 is 1.30 bits per heavy atom. The van der Waals surface area contributed by atoms with Gasteiger partial charge in [0, 0.05) is 24.7 Å². The molecule has 1 atom stereocenters. The largest absolute Gasteiger partial charge is 0.490 e. The molecule has 3 aliphatic rings. The molecule has 3 aromatic rings. The van der Waals surface area contributed by atoms with E-state index < -0.39 is 45.2 Å². The number of hydrogen-bond acceptors (Lipinski definition) is 7. The molecule has 1 unspecified atom stereocenters. The fourth-order valence-corrected chi connectivity index (χ4v) is 8.57. The summed E-state index contributed by atoms with van der Waals surface area (Å²) in [4.78, 5) is 27.3. The van der Waals surface area contributed by atoms with Crippen molar-refractivity contribution < 1.29 is 41.0 Å². The number of alkyl carbamates (subject to hydrolysis) is 1. The quantitative estimate of drug-likeness (QED) is 0.205. The smallest absolute Gasteiger partial charge is 0.407 e. The molecule has 1 saturated heterocycles. The highest BCUT2D eigenvalue weighted by Crippen LogP contribution is 2.36. The molecule has 6 rings (SSSR count). The predicted molar refractivity (Wildman–Crippen MR) is 198 cm³/mol. The number of likely N-dealkylation sites (tertiary alicyclic amines) is 1. The number of carbonyl (C=O) groups excluding carboxylic acids is 2. The molecule has 1 heterocycles. The molecule has 2 N–H and O–H groups in total. The Morgan fingerprint density at radius 1 is 0.755 bits per heavy atom. The van der Waals surface area contributed by atoms with Crippen LogP contribution in [0.25, 0.3) is 10.8 Å². The Kier molecular flexibility index (Phi) is 11.8. The lowest BCUT2D eigenvalue weighted by Gasteiger charge is -2.36. The maximum Gasteiger partial charge on any atom is 0.407 e. The lowest BCUT2D eigenvalue weighted by Crippen LogP contribution is -2.58. The molecule has 0 spiro atoms. The summed E-state index contributed by atoms with van der Waals surface area (Å²) >= 11 is 0. The molecule has 3 aromatic carbocycles. The van der Waals surface area contributed by atoms with Gasteiger partial charge in [-0.15, -0.1) is 0 Å². The summed E-state index contributed by atoms with van der Waals surface area (Å²) in [6.07, 6.45) is 9.37. The van der Waals surface area contributed by atoms with Gasteiger partial charge in [-0.05, 0) is 144 Å². The number of hydrogen-bond donors (Lipinski definition) is 2. The van der Waals surface area contributed by atoms with E-state index in [0.717, 1.165) is 63.2 Å². The van der Waals surface area contributed by atoms with Crippen molar-refractivity contribution in [2.75, 3.05) is 13.1 Å². The Hall–Kier alpha value is -3.97. The molecule has 2 aliphatic carbocycles. The standard InChI is InChI=1S/C40H51F2N3O7S/c1-39(2,3)52-38(47)43-30-21-23-45(24-22-30)37(46)36(40(41,42)29-15-18-33(19-16-29)50-31-9-5-4-6-10-31)44-53(48,49)35-20-14-27-25-34(17-13-28(27)26-35)51-32-11-7-8-12-32/h13-20,25-26,30-32,36,44H,4-12,21-24H2,1-3H3,(H,43,47). The molecule has 1 aliphatic heterocycles. The van der Waals surface area contributed by atoms with Gasteiger partial charge in [0.1, 0.15) is 17.1 Å². The van der Waals surface area contributed by atoms with E-state index in [1.54, 1.807) is 39.0 Å². The van der Waals surface area contributed by atoms with Gasteiger partial charge < -0.3 is 24.4 Å². The number of fused-ring (bicyclic) bond motifs is 1. The average molecular weight is 756 g/mol. The SMILES string of the molecule is CC(C)(C)OC(=O)NC1CCN(C(=O)C(NS(=O)(=O)c2ccc3cc(OC4CCCC4)ccc3c2)C(F)(F)c2ccc(OC3CCCCC3)cc2)CC1. The van der Waals surface area contributed by atoms with Crippen molar-refractivity contribution in [1.29, 1.82) is 0 Å². The van der Waals surface area contributed by atoms with Crippen LogP contribution in [0.5, 0.6) is 11.5 Å². The van der Waals surface area contributed by atoms with E-state index >= 15 is 8.78 Å². The van der Waals surface area contributed by atoms with E-state index in [1.165, 1.54) is 41.3 Å². The summed E-state index contributed by atoms with van der Waals surface area (Å²) in [5, 5.41) is 4.08. The van der Waals surface area contributed by atoms with Crippen LogP contribution < -0.4 is 19.5 Å². The van der Waals surface area contributed by atoms with E-state index in [9.17, 15) is 18.0 Å². The minimum Gasteiger partial charge on any atom is -0.490 e. The van der Waals surface area contributed by atoms with Crippen LogP contribution in [0, 0.1) is 0 Å². The van der Waals surface area contributed by atoms with Crippen molar-refractivity contribution >= 4 is 32.8 Å². The Labute approximate surface area is 311 Å². The molecular weight excluding hydrogens is 705 g/mol. The number of sulfonamides is 1. The van der Waals surface area contributed by atoms with Gasteiger partial charge in [-0.25, -0.2) is 13.2 Å². The molecule has 0 aromatic heterocycles. The summed E-state index contributed by atoms with van der Waals surface area (Å²) in [5.41, 5.74) is -1.22. The number of piperidine rings is 1. The van der Waals surface area contributed by atoms with Gasteiger partial charge in [0.15, 0.2) is 6.04 Å². The molecule has 10 nitrogen and oxygen atoms in total. The van der Waals surface area contributed by atoms with Crippen molar-refractivity contribution in [2.24, 2.45) is 0 Å². The highest BCUT2D eigenvalue weighted by atomic mass is 32.2. The third-order valence-electron chi connectivity index (χ3n) is 10.2. The first-order chi connectivity index (χ1) is 25.2. The predicted octanol–water partition coefficient (Wildman–Crippen LogP) is 7.83. The van der Waals surface area contributed by atoms with Crippen molar-refractivity contribution in [1.82, 2.24) is 14.9 Å². The van der Waals surface area contributed by atoms with Crippen LogP contribution in [0.3, 0.4) is 0 Å². The van der Waals surface area contributed by atoms with Crippen LogP contribution in [-0.2, 0) is 25.5 Å². The maximum absolute atomic E-state index is 16.6. The average Bonchev–Trinajstić information content (AvgIpc) is 3.63. The monoisotopic (exact) mass is 755 g/mol. The molecular formula is C40H51F2N3O7S. The lowest BCUT2D eigenvalue weighted by molar-refractivity contribution is -0.145. The van der Waals surface area contributed by atoms with E-state index in [1.807, 2.05) is 6.07 Å². The topological polar surface area (TPSA) is 123 Å². The minimum atomic E-state index is -4.63. The van der Waals surface area contributed by atoms with Crippen molar-refractivity contribution in [3.63, 3.8) is 0 Å². The zero-order valence-electron chi connectivity index (χ0n) is 30.7. The van der Waals surface area contributed by atoms with Crippen molar-refractivity contribution in [3.05, 3.63) is 66.2 Å². The first-order valence-electron chi connectivity index (χ1n) is 18.8. The maximum atomic E-state index is 16.6. The molecule has 2 amide bonds. The zero-order valence-corrected chi connectivity index (χ0v) is 31.6. The van der Waals surface area contributed by atoms with Gasteiger partial charge in [0.05, 0.1) is 17.1 Å². The molecule has 2 saturated carbocycles. The van der Waals surface area contributed by atoms with E-state index in [0.29, 0.717) is 16.9 Å². The second-order valence-corrected chi connectivity index (χ2v) is 17.2. The molecule has 288 valence electrons. The number of nitrogens with one attached hydrogen (secondary N) is 2. The van der Waals surface area contributed by atoms with Gasteiger partial charge in [0.25, 0.3) is 5.92 Å². The first-order valence-corrected chi connectivity index (χ1v) is 20.3. The number of nitrogens with zero attached hydrogens (tertiary/aromatic N) is 1. The van der Waals surface area contributed by atoms with Crippen LogP contribution in [0.4, 0.5) is 13.6 Å². The number of alkyl halides is 2. The second kappa shape index (κ2) is 16.2. The van der Waals surface area contributed by atoms with Crippen molar-refractivity contribution in [3.8, 4) is 11.5 Å². The molecule has 0 radical (unpaired) electrons. The number of benzene rings is 3. The molecule has 3 fully saturated rings. The third kappa shape index (κ3) is 9.97. The third-order valence-corrected chi connectivity index (χ3v) is 11.6. The fourth-order valence-electron chi connectivity index (χ4n) is 7.34. The van der Waals surface area contributed by atoms with Crippen LogP contribution >= 0.6 is 0 Å². The van der Waals surface area contributed by atoms with Gasteiger partial charge in [0.2, 0.25) is 15.9 Å². The molecule has 0 bridgehead atoms. The normalized spacial score (nSPS) is 18.8. The van der Waals surface area contributed by atoms with Gasteiger partial charge in [-0.1, -0.05) is 18.6 Å². The minimum absolute atomic E-state index is 0.0114. The second-order valence-electron chi connectivity index (χ2n) is 15.5. The number of carbonyl (C=O) groups is 2. The van der Waals surface area contributed by atoms with E-state index in [-0.39, 0.29) is 49.1 Å². The number of amides is 2. The van der Waals surface area contributed by atoms with Gasteiger partial charge in [-0.2, -0.15) is 13.5 Å². The summed E-state index contributed by atoms with van der Waals surface area (Å²) < 4.78 is 80.6. The highest BCUT2D eigenvalue weighted by molar-refractivity contribution is 7.89. The van der Waals surface area contributed by atoms with Crippen LogP contribution in [0.15, 0.2) is 65.6 Å². The van der Waals surface area contributed by atoms with Crippen LogP contribution in [0.1, 0.15) is 97.0 Å². The van der Waals surface area contributed by atoms with E-state index in [4.69, 9.17) is 14.2 Å². The van der Waals surface area contributed by atoms with E-state index in [2.05, 4.69) is 10.0 Å². The summed E-state index contributed by atoms with van der Waals surface area (Å²) in [6.45, 7) is 5.29. The molecule has 13 heteroatoms. The molecule has 53 heavy (non-hydrogen) atoms.